The lowest BCUT2D eigenvalue weighted by Crippen LogP contribution is -3.00. The number of amides is 1. The zero-order chi connectivity index (χ0) is 18.3. The van der Waals surface area contributed by atoms with Gasteiger partial charge in [-0.1, -0.05) is 64.9 Å². The van der Waals surface area contributed by atoms with Crippen molar-refractivity contribution in [1.29, 1.82) is 0 Å². The molecule has 1 N–H and O–H groups in total. The lowest BCUT2D eigenvalue weighted by atomic mass is 10.1. The highest BCUT2D eigenvalue weighted by Crippen LogP contribution is 2.11. The Morgan fingerprint density at radius 1 is 0.840 bits per heavy atom. The van der Waals surface area contributed by atoms with Crippen molar-refractivity contribution in [3.8, 4) is 0 Å². The average Bonchev–Trinajstić information content (AvgIpc) is 2.53. The van der Waals surface area contributed by atoms with Crippen LogP contribution in [0.15, 0.2) is 12.2 Å². The number of carbonyl (C=O) groups is 1. The van der Waals surface area contributed by atoms with Crippen molar-refractivity contribution >= 4 is 5.91 Å². The van der Waals surface area contributed by atoms with Crippen molar-refractivity contribution in [2.24, 2.45) is 0 Å². The molecule has 0 radical (unpaired) electrons. The van der Waals surface area contributed by atoms with Gasteiger partial charge in [0.05, 0.1) is 27.2 Å². The van der Waals surface area contributed by atoms with E-state index in [0.717, 1.165) is 24.0 Å². The highest BCUT2D eigenvalue weighted by atomic mass is 79.9. The fourth-order valence-corrected chi connectivity index (χ4v) is 3.00. The third-order valence-corrected chi connectivity index (χ3v) is 4.73. The molecule has 0 spiro atoms. The third-order valence-electron chi connectivity index (χ3n) is 4.73. The highest BCUT2D eigenvalue weighted by molar-refractivity contribution is 5.91. The fourth-order valence-electron chi connectivity index (χ4n) is 3.00. The maximum Gasteiger partial charge on any atom is 0.246 e. The summed E-state index contributed by atoms with van der Waals surface area (Å²) in [4.78, 5) is 11.4. The van der Waals surface area contributed by atoms with E-state index >= 15 is 0 Å². The first kappa shape index (κ1) is 26.9. The van der Waals surface area contributed by atoms with Gasteiger partial charge in [0.1, 0.15) is 0 Å². The van der Waals surface area contributed by atoms with E-state index in [4.69, 9.17) is 0 Å². The summed E-state index contributed by atoms with van der Waals surface area (Å²) in [6, 6.07) is 0. The molecule has 0 aromatic rings. The monoisotopic (exact) mass is 418 g/mol. The maximum absolute atomic E-state index is 11.4. The number of quaternary nitrogens is 1. The molecule has 0 rings (SSSR count). The van der Waals surface area contributed by atoms with Gasteiger partial charge in [-0.2, -0.15) is 0 Å². The summed E-state index contributed by atoms with van der Waals surface area (Å²) in [7, 11) is 4.60. The van der Waals surface area contributed by atoms with E-state index in [-0.39, 0.29) is 22.9 Å². The quantitative estimate of drug-likeness (QED) is 0.232. The second kappa shape index (κ2) is 17.1. The van der Waals surface area contributed by atoms with E-state index in [1.165, 1.54) is 70.8 Å². The molecule has 0 heterocycles. The van der Waals surface area contributed by atoms with Gasteiger partial charge >= 0.3 is 0 Å². The van der Waals surface area contributed by atoms with E-state index < -0.39 is 0 Å². The summed E-state index contributed by atoms with van der Waals surface area (Å²) in [6.45, 7) is 10.8. The topological polar surface area (TPSA) is 29.1 Å². The van der Waals surface area contributed by atoms with Gasteiger partial charge in [-0.05, 0) is 19.8 Å². The van der Waals surface area contributed by atoms with E-state index in [2.05, 4.69) is 32.9 Å². The molecule has 25 heavy (non-hydrogen) atoms. The van der Waals surface area contributed by atoms with Crippen molar-refractivity contribution in [2.45, 2.75) is 84.5 Å². The molecule has 0 saturated carbocycles. The van der Waals surface area contributed by atoms with Crippen LogP contribution in [0.4, 0.5) is 0 Å². The van der Waals surface area contributed by atoms with Crippen molar-refractivity contribution in [1.82, 2.24) is 5.32 Å². The number of hydrogen-bond acceptors (Lipinski definition) is 1. The van der Waals surface area contributed by atoms with E-state index in [1.807, 2.05) is 0 Å². The van der Waals surface area contributed by atoms with Gasteiger partial charge in [0.15, 0.2) is 0 Å². The smallest absolute Gasteiger partial charge is 0.246 e. The minimum Gasteiger partial charge on any atom is -1.00 e. The number of carbonyl (C=O) groups excluding carboxylic acids is 1. The van der Waals surface area contributed by atoms with Crippen LogP contribution in [0.5, 0.6) is 0 Å². The van der Waals surface area contributed by atoms with Gasteiger partial charge in [0, 0.05) is 18.5 Å². The molecular formula is C21H43BrN2O. The zero-order valence-corrected chi connectivity index (χ0v) is 18.9. The summed E-state index contributed by atoms with van der Waals surface area (Å²) >= 11 is 0. The molecule has 0 atom stereocenters. The third kappa shape index (κ3) is 18.2. The van der Waals surface area contributed by atoms with Crippen LogP contribution in [0, 0.1) is 0 Å². The van der Waals surface area contributed by atoms with E-state index in [1.54, 1.807) is 6.92 Å². The molecule has 0 bridgehead atoms. The largest absolute Gasteiger partial charge is 1.00 e. The number of halogens is 1. The molecule has 0 aliphatic heterocycles. The molecular weight excluding hydrogens is 376 g/mol. The number of nitrogens with one attached hydrogen (secondary N) is 1. The van der Waals surface area contributed by atoms with Crippen molar-refractivity contribution in [2.75, 3.05) is 33.7 Å². The second-order valence-electron chi connectivity index (χ2n) is 7.95. The Hall–Kier alpha value is -0.350. The van der Waals surface area contributed by atoms with Crippen LogP contribution in [0.25, 0.3) is 0 Å². The molecule has 0 aliphatic carbocycles. The normalized spacial score (nSPS) is 11.0. The second-order valence-corrected chi connectivity index (χ2v) is 7.95. The van der Waals surface area contributed by atoms with Crippen LogP contribution in [0.3, 0.4) is 0 Å². The minimum absolute atomic E-state index is 0. The van der Waals surface area contributed by atoms with E-state index in [9.17, 15) is 4.79 Å². The summed E-state index contributed by atoms with van der Waals surface area (Å²) in [6.07, 6.45) is 15.0. The van der Waals surface area contributed by atoms with Gasteiger partial charge in [0.25, 0.3) is 0 Å². The molecule has 0 aliphatic rings. The van der Waals surface area contributed by atoms with Crippen LogP contribution >= 0.6 is 0 Å². The fraction of sp³-hybridized carbons (Fsp3) is 0.857. The average molecular weight is 419 g/mol. The van der Waals surface area contributed by atoms with Crippen molar-refractivity contribution in [3.05, 3.63) is 12.2 Å². The molecule has 0 saturated heterocycles. The SMILES string of the molecule is C=C(C)C(=O)NCCC[N+](C)(C)CCCCCCCCCCCC.[Br-]. The van der Waals surface area contributed by atoms with Crippen LogP contribution < -0.4 is 22.3 Å². The maximum atomic E-state index is 11.4. The molecule has 3 nitrogen and oxygen atoms in total. The van der Waals surface area contributed by atoms with Crippen LogP contribution in [-0.4, -0.2) is 44.1 Å². The first-order chi connectivity index (χ1) is 11.4. The number of rotatable bonds is 16. The van der Waals surface area contributed by atoms with Gasteiger partial charge in [0.2, 0.25) is 5.91 Å². The van der Waals surface area contributed by atoms with Crippen molar-refractivity contribution < 1.29 is 26.3 Å². The predicted octanol–water partition coefficient (Wildman–Crippen LogP) is 2.07. The van der Waals surface area contributed by atoms with Gasteiger partial charge in [-0.3, -0.25) is 4.79 Å². The van der Waals surface area contributed by atoms with Crippen LogP contribution in [0.1, 0.15) is 84.5 Å². The molecule has 0 fully saturated rings. The Bertz CT molecular complexity index is 343. The summed E-state index contributed by atoms with van der Waals surface area (Å²) in [5.74, 6) is -0.0185. The van der Waals surface area contributed by atoms with E-state index in [0.29, 0.717) is 5.57 Å². The first-order valence-electron chi connectivity index (χ1n) is 10.1. The van der Waals surface area contributed by atoms with Crippen LogP contribution in [0.2, 0.25) is 0 Å². The first-order valence-corrected chi connectivity index (χ1v) is 10.1. The standard InChI is InChI=1S/C21H42N2O.BrH/c1-6-7-8-9-10-11-12-13-14-15-18-23(4,5)19-16-17-22-21(24)20(2)3;/h2,6-19H2,1,3-5H3;1H. The van der Waals surface area contributed by atoms with Crippen LogP contribution in [-0.2, 0) is 4.79 Å². The van der Waals surface area contributed by atoms with Crippen molar-refractivity contribution in [3.63, 3.8) is 0 Å². The lowest BCUT2D eigenvalue weighted by molar-refractivity contribution is -0.890. The Morgan fingerprint density at radius 3 is 1.76 bits per heavy atom. The number of hydrogen-bond donors (Lipinski definition) is 1. The zero-order valence-electron chi connectivity index (χ0n) is 17.3. The minimum atomic E-state index is -0.0185. The Kier molecular flexibility index (Phi) is 18.4. The van der Waals surface area contributed by atoms with Gasteiger partial charge in [-0.15, -0.1) is 0 Å². The highest BCUT2D eigenvalue weighted by Gasteiger charge is 2.14. The summed E-state index contributed by atoms with van der Waals surface area (Å²) in [5.41, 5.74) is 0.592. The molecule has 0 aromatic carbocycles. The Balaban J connectivity index is 0. The Labute approximate surface area is 168 Å². The molecule has 0 unspecified atom stereocenters. The van der Waals surface area contributed by atoms with Gasteiger partial charge < -0.3 is 26.8 Å². The number of unbranched alkanes of at least 4 members (excludes halogenated alkanes) is 9. The molecule has 4 heteroatoms. The Morgan fingerprint density at radius 2 is 1.28 bits per heavy atom. The number of nitrogens with zero attached hydrogens (tertiary/aromatic N) is 1. The molecule has 1 amide bonds. The van der Waals surface area contributed by atoms with Gasteiger partial charge in [-0.25, -0.2) is 0 Å². The molecule has 0 aromatic heterocycles. The molecule has 150 valence electrons. The summed E-state index contributed by atoms with van der Waals surface area (Å²) < 4.78 is 1.06. The lowest BCUT2D eigenvalue weighted by Gasteiger charge is -2.30. The predicted molar refractivity (Wildman–Crippen MR) is 106 cm³/mol. The summed E-state index contributed by atoms with van der Waals surface area (Å²) in [5, 5.41) is 2.91.